The summed E-state index contributed by atoms with van der Waals surface area (Å²) in [5, 5.41) is 8.67. The molecule has 0 aromatic heterocycles. The molecule has 0 heterocycles. The van der Waals surface area contributed by atoms with E-state index in [1.807, 2.05) is 0 Å². The maximum atomic E-state index is 8.67. The Morgan fingerprint density at radius 3 is 2.58 bits per heavy atom. The predicted molar refractivity (Wildman–Crippen MR) is 51.2 cm³/mol. The number of nitrogens with zero attached hydrogens (tertiary/aromatic N) is 1. The van der Waals surface area contributed by atoms with Crippen molar-refractivity contribution in [3.05, 3.63) is 0 Å². The molecule has 0 bridgehead atoms. The topological polar surface area (TPSA) is 23.5 Å². The van der Waals surface area contributed by atoms with Crippen molar-refractivity contribution in [3.8, 4) is 0 Å². The van der Waals surface area contributed by atoms with Gasteiger partial charge in [0.2, 0.25) is 0 Å². The summed E-state index contributed by atoms with van der Waals surface area (Å²) in [4.78, 5) is 2.44. The molecule has 0 atom stereocenters. The van der Waals surface area contributed by atoms with E-state index >= 15 is 0 Å². The predicted octanol–water partition coefficient (Wildman–Crippen LogP) is 1.49. The van der Waals surface area contributed by atoms with E-state index in [2.05, 4.69) is 11.8 Å². The average Bonchev–Trinajstić information content (AvgIpc) is 2.89. The SMILES string of the molecule is CCN(CCCO)CCC1CC1. The first-order valence-electron chi connectivity index (χ1n) is 5.20. The Hall–Kier alpha value is -0.0800. The van der Waals surface area contributed by atoms with E-state index in [0.29, 0.717) is 6.61 Å². The largest absolute Gasteiger partial charge is 0.396 e. The van der Waals surface area contributed by atoms with Gasteiger partial charge in [-0.3, -0.25) is 0 Å². The molecule has 0 aliphatic heterocycles. The average molecular weight is 171 g/mol. The first-order valence-corrected chi connectivity index (χ1v) is 5.20. The van der Waals surface area contributed by atoms with Crippen LogP contribution in [0.5, 0.6) is 0 Å². The molecule has 0 aromatic rings. The second-order valence-electron chi connectivity index (χ2n) is 3.74. The summed E-state index contributed by atoms with van der Waals surface area (Å²) in [6, 6.07) is 0. The van der Waals surface area contributed by atoms with Crippen LogP contribution in [-0.4, -0.2) is 36.2 Å². The first kappa shape index (κ1) is 10.0. The van der Waals surface area contributed by atoms with Gasteiger partial charge in [-0.2, -0.15) is 0 Å². The molecular weight excluding hydrogens is 150 g/mol. The van der Waals surface area contributed by atoms with E-state index < -0.39 is 0 Å². The van der Waals surface area contributed by atoms with Gasteiger partial charge in [-0.05, 0) is 31.8 Å². The van der Waals surface area contributed by atoms with Crippen molar-refractivity contribution in [1.82, 2.24) is 4.90 Å². The standard InChI is InChI=1S/C10H21NO/c1-2-11(7-3-9-12)8-6-10-4-5-10/h10,12H,2-9H2,1H3. The van der Waals surface area contributed by atoms with Crippen molar-refractivity contribution < 1.29 is 5.11 Å². The van der Waals surface area contributed by atoms with Crippen molar-refractivity contribution in [3.63, 3.8) is 0 Å². The van der Waals surface area contributed by atoms with E-state index in [1.165, 1.54) is 25.8 Å². The van der Waals surface area contributed by atoms with Crippen LogP contribution in [-0.2, 0) is 0 Å². The summed E-state index contributed by atoms with van der Waals surface area (Å²) in [6.45, 7) is 5.97. The molecule has 1 N–H and O–H groups in total. The lowest BCUT2D eigenvalue weighted by atomic mass is 10.2. The summed E-state index contributed by atoms with van der Waals surface area (Å²) in [7, 11) is 0. The molecule has 2 heteroatoms. The summed E-state index contributed by atoms with van der Waals surface area (Å²) in [5.41, 5.74) is 0. The van der Waals surface area contributed by atoms with E-state index in [4.69, 9.17) is 5.11 Å². The van der Waals surface area contributed by atoms with E-state index in [0.717, 1.165) is 25.4 Å². The molecule has 2 nitrogen and oxygen atoms in total. The number of aliphatic hydroxyl groups excluding tert-OH is 1. The molecule has 0 amide bonds. The Bertz CT molecular complexity index is 112. The van der Waals surface area contributed by atoms with Crippen LogP contribution in [0.25, 0.3) is 0 Å². The lowest BCUT2D eigenvalue weighted by molar-refractivity contribution is 0.226. The maximum Gasteiger partial charge on any atom is 0.0443 e. The normalized spacial score (nSPS) is 17.2. The fraction of sp³-hybridized carbons (Fsp3) is 1.00. The zero-order valence-corrected chi connectivity index (χ0v) is 8.13. The molecular formula is C10H21NO. The Labute approximate surface area is 75.6 Å². The smallest absolute Gasteiger partial charge is 0.0443 e. The van der Waals surface area contributed by atoms with Crippen molar-refractivity contribution in [2.45, 2.75) is 32.6 Å². The van der Waals surface area contributed by atoms with Crippen LogP contribution in [0.2, 0.25) is 0 Å². The number of aliphatic hydroxyl groups is 1. The maximum absolute atomic E-state index is 8.67. The minimum atomic E-state index is 0.333. The van der Waals surface area contributed by atoms with Gasteiger partial charge >= 0.3 is 0 Å². The molecule has 0 aromatic carbocycles. The lowest BCUT2D eigenvalue weighted by Gasteiger charge is -2.19. The minimum absolute atomic E-state index is 0.333. The van der Waals surface area contributed by atoms with Gasteiger partial charge in [0.05, 0.1) is 0 Å². The van der Waals surface area contributed by atoms with Gasteiger partial charge in [0.1, 0.15) is 0 Å². The molecule has 1 aliphatic rings. The van der Waals surface area contributed by atoms with Crippen LogP contribution in [0.4, 0.5) is 0 Å². The Kier molecular flexibility index (Phi) is 4.62. The second kappa shape index (κ2) is 5.55. The quantitative estimate of drug-likeness (QED) is 0.627. The highest BCUT2D eigenvalue weighted by molar-refractivity contribution is 4.74. The zero-order valence-electron chi connectivity index (χ0n) is 8.13. The van der Waals surface area contributed by atoms with Crippen LogP contribution in [0.1, 0.15) is 32.6 Å². The van der Waals surface area contributed by atoms with E-state index in [-0.39, 0.29) is 0 Å². The molecule has 0 radical (unpaired) electrons. The van der Waals surface area contributed by atoms with Gasteiger partial charge in [0.15, 0.2) is 0 Å². The van der Waals surface area contributed by atoms with Gasteiger partial charge < -0.3 is 10.0 Å². The number of rotatable bonds is 7. The van der Waals surface area contributed by atoms with Crippen molar-refractivity contribution in [1.29, 1.82) is 0 Å². The van der Waals surface area contributed by atoms with Gasteiger partial charge in [-0.15, -0.1) is 0 Å². The third-order valence-corrected chi connectivity index (χ3v) is 2.63. The lowest BCUT2D eigenvalue weighted by Crippen LogP contribution is -2.26. The van der Waals surface area contributed by atoms with Crippen LogP contribution >= 0.6 is 0 Å². The zero-order chi connectivity index (χ0) is 8.81. The molecule has 0 unspecified atom stereocenters. The molecule has 12 heavy (non-hydrogen) atoms. The third-order valence-electron chi connectivity index (χ3n) is 2.63. The molecule has 1 fully saturated rings. The Morgan fingerprint density at radius 1 is 1.33 bits per heavy atom. The van der Waals surface area contributed by atoms with Crippen LogP contribution < -0.4 is 0 Å². The Morgan fingerprint density at radius 2 is 2.08 bits per heavy atom. The Balaban J connectivity index is 1.98. The first-order chi connectivity index (χ1) is 5.86. The minimum Gasteiger partial charge on any atom is -0.396 e. The molecule has 1 rings (SSSR count). The number of hydrogen-bond donors (Lipinski definition) is 1. The molecule has 0 saturated heterocycles. The highest BCUT2D eigenvalue weighted by Gasteiger charge is 2.21. The van der Waals surface area contributed by atoms with Gasteiger partial charge in [-0.25, -0.2) is 0 Å². The summed E-state index contributed by atoms with van der Waals surface area (Å²) in [6.07, 6.45) is 5.22. The highest BCUT2D eigenvalue weighted by Crippen LogP contribution is 2.32. The fourth-order valence-corrected chi connectivity index (χ4v) is 1.49. The van der Waals surface area contributed by atoms with Crippen molar-refractivity contribution in [2.75, 3.05) is 26.2 Å². The molecule has 0 spiro atoms. The van der Waals surface area contributed by atoms with Crippen LogP contribution in [0.15, 0.2) is 0 Å². The summed E-state index contributed by atoms with van der Waals surface area (Å²) >= 11 is 0. The fourth-order valence-electron chi connectivity index (χ4n) is 1.49. The molecule has 1 saturated carbocycles. The van der Waals surface area contributed by atoms with Gasteiger partial charge in [0.25, 0.3) is 0 Å². The van der Waals surface area contributed by atoms with E-state index in [1.54, 1.807) is 0 Å². The van der Waals surface area contributed by atoms with Crippen LogP contribution in [0, 0.1) is 5.92 Å². The monoisotopic (exact) mass is 171 g/mol. The van der Waals surface area contributed by atoms with E-state index in [9.17, 15) is 0 Å². The molecule has 1 aliphatic carbocycles. The third kappa shape index (κ3) is 4.07. The van der Waals surface area contributed by atoms with Crippen LogP contribution in [0.3, 0.4) is 0 Å². The number of hydrogen-bond acceptors (Lipinski definition) is 2. The second-order valence-corrected chi connectivity index (χ2v) is 3.74. The molecule has 72 valence electrons. The van der Waals surface area contributed by atoms with Crippen molar-refractivity contribution >= 4 is 0 Å². The highest BCUT2D eigenvalue weighted by atomic mass is 16.3. The summed E-state index contributed by atoms with van der Waals surface area (Å²) < 4.78 is 0. The van der Waals surface area contributed by atoms with Gasteiger partial charge in [0, 0.05) is 13.2 Å². The van der Waals surface area contributed by atoms with Crippen molar-refractivity contribution in [2.24, 2.45) is 5.92 Å². The summed E-state index contributed by atoms with van der Waals surface area (Å²) in [5.74, 6) is 1.04. The van der Waals surface area contributed by atoms with Gasteiger partial charge in [-0.1, -0.05) is 19.8 Å².